The molecule has 22 nitrogen and oxygen atoms in total. The Bertz CT molecular complexity index is 2940. The van der Waals surface area contributed by atoms with Crippen LogP contribution in [0.2, 0.25) is 5.02 Å². The van der Waals surface area contributed by atoms with Gasteiger partial charge in [0.2, 0.25) is 23.7 Å². The average molecular weight is 1120 g/mol. The summed E-state index contributed by atoms with van der Waals surface area (Å²) in [5.41, 5.74) is 3.31. The van der Waals surface area contributed by atoms with Crippen molar-refractivity contribution in [2.75, 3.05) is 89.6 Å². The second-order valence-electron chi connectivity index (χ2n) is 19.4. The van der Waals surface area contributed by atoms with Gasteiger partial charge in [-0.15, -0.1) is 0 Å². The fourth-order valence-electron chi connectivity index (χ4n) is 9.11. The summed E-state index contributed by atoms with van der Waals surface area (Å²) in [6, 6.07) is 14.0. The van der Waals surface area contributed by atoms with Crippen molar-refractivity contribution in [1.29, 1.82) is 0 Å². The van der Waals surface area contributed by atoms with Crippen LogP contribution in [0.3, 0.4) is 0 Å². The number of para-hydroxylation sites is 1. The molecule has 24 heteroatoms. The van der Waals surface area contributed by atoms with Crippen LogP contribution in [-0.4, -0.2) is 160 Å². The molecule has 1 aromatic heterocycles. The molecular formula is C54H68ClN9O13S. The van der Waals surface area contributed by atoms with E-state index in [0.717, 1.165) is 36.4 Å². The summed E-state index contributed by atoms with van der Waals surface area (Å²) in [5.74, 6) is -1.65. The Morgan fingerprint density at radius 1 is 0.808 bits per heavy atom. The van der Waals surface area contributed by atoms with Crippen molar-refractivity contribution < 1.29 is 60.9 Å². The zero-order valence-corrected chi connectivity index (χ0v) is 46.1. The van der Waals surface area contributed by atoms with E-state index in [4.69, 9.17) is 35.3 Å². The standard InChI is InChI=1S/C54H68ClN9O13S/c1-33(2)77-44-30-38(35(5)29-41(44)60-54-58-31-39(55)50(62-54)59-40-10-6-7-12-45(40)78(71,72)34(3)4)36-15-20-63(21-16-36)22-17-46(65)56-18-23-73-25-27-75-28-26-74-24-19-57-48(67)32-76-43-11-8-9-37-49(43)53(70)64(52(37)69)42-13-14-47(66)61-51(42)68/h6-12,29-31,33-34,36,42H,13-28,32H2,1-5H3,(H,56,65)(H,57,67)(H,61,66,68)(H2,58,59,60,62). The van der Waals surface area contributed by atoms with Gasteiger partial charge in [0, 0.05) is 32.5 Å². The minimum absolute atomic E-state index is 0.00244. The highest BCUT2D eigenvalue weighted by atomic mass is 35.5. The number of hydrogen-bond acceptors (Lipinski definition) is 18. The Morgan fingerprint density at radius 2 is 1.49 bits per heavy atom. The number of sulfone groups is 1. The Balaban J connectivity index is 0.730. The van der Waals surface area contributed by atoms with E-state index < -0.39 is 57.3 Å². The molecule has 4 aromatic rings. The molecule has 0 aliphatic carbocycles. The van der Waals surface area contributed by atoms with Crippen molar-refractivity contribution in [3.8, 4) is 11.5 Å². The van der Waals surface area contributed by atoms with Crippen LogP contribution < -0.4 is 36.1 Å². The predicted octanol–water partition coefficient (Wildman–Crippen LogP) is 5.23. The topological polar surface area (TPSA) is 275 Å². The normalized spacial score (nSPS) is 16.1. The fraction of sp³-hybridized carbons (Fsp3) is 0.481. The molecule has 420 valence electrons. The Kier molecular flexibility index (Phi) is 20.9. The third kappa shape index (κ3) is 15.5. The molecule has 1 atom stereocenters. The van der Waals surface area contributed by atoms with E-state index >= 15 is 0 Å². The number of rotatable bonds is 28. The van der Waals surface area contributed by atoms with Gasteiger partial charge < -0.3 is 49.9 Å². The van der Waals surface area contributed by atoms with E-state index in [1.807, 2.05) is 19.9 Å². The number of halogens is 1. The molecule has 2 saturated heterocycles. The molecule has 0 radical (unpaired) electrons. The van der Waals surface area contributed by atoms with Crippen LogP contribution in [0.15, 0.2) is 65.7 Å². The number of fused-ring (bicyclic) bond motifs is 1. The smallest absolute Gasteiger partial charge is 0.266 e. The summed E-state index contributed by atoms with van der Waals surface area (Å²) in [6.07, 6.45) is 3.57. The minimum atomic E-state index is -3.59. The third-order valence-corrected chi connectivity index (χ3v) is 15.6. The lowest BCUT2D eigenvalue weighted by Crippen LogP contribution is -2.54. The first kappa shape index (κ1) is 58.9. The summed E-state index contributed by atoms with van der Waals surface area (Å²) in [4.78, 5) is 87.6. The zero-order chi connectivity index (χ0) is 55.9. The van der Waals surface area contributed by atoms with Gasteiger partial charge in [0.15, 0.2) is 22.3 Å². The van der Waals surface area contributed by atoms with E-state index in [1.165, 1.54) is 30.0 Å². The number of anilines is 4. The van der Waals surface area contributed by atoms with Gasteiger partial charge in [-0.25, -0.2) is 13.4 Å². The molecule has 2 fully saturated rings. The van der Waals surface area contributed by atoms with Crippen LogP contribution in [0.25, 0.3) is 0 Å². The molecule has 6 amide bonds. The fourth-order valence-corrected chi connectivity index (χ4v) is 10.4. The predicted molar refractivity (Wildman–Crippen MR) is 289 cm³/mol. The molecule has 3 aliphatic rings. The van der Waals surface area contributed by atoms with Crippen molar-refractivity contribution >= 4 is 80.0 Å². The second-order valence-corrected chi connectivity index (χ2v) is 22.3. The lowest BCUT2D eigenvalue weighted by molar-refractivity contribution is -0.136. The largest absolute Gasteiger partial charge is 0.489 e. The van der Waals surface area contributed by atoms with Crippen molar-refractivity contribution in [2.45, 2.75) is 94.9 Å². The quantitative estimate of drug-likeness (QED) is 0.0360. The number of aryl methyl sites for hydroxylation is 1. The number of carbonyl (C=O) groups excluding carboxylic acids is 6. The van der Waals surface area contributed by atoms with Crippen LogP contribution in [0.4, 0.5) is 23.1 Å². The Morgan fingerprint density at radius 3 is 2.17 bits per heavy atom. The highest BCUT2D eigenvalue weighted by Crippen LogP contribution is 2.39. The molecular weight excluding hydrogens is 1050 g/mol. The van der Waals surface area contributed by atoms with Crippen molar-refractivity contribution in [2.24, 2.45) is 0 Å². The van der Waals surface area contributed by atoms with Crippen LogP contribution in [0, 0.1) is 6.92 Å². The molecule has 0 saturated carbocycles. The number of likely N-dealkylation sites (tertiary alicyclic amines) is 1. The SMILES string of the molecule is Cc1cc(Nc2ncc(Cl)c(Nc3ccccc3S(=O)(=O)C(C)C)n2)c(OC(C)C)cc1C1CCN(CCC(=O)NCCOCCOCCOCCNC(=O)COc2cccc3c2C(=O)N(C2CCC(=O)NC2=O)C3=O)CC1. The molecule has 7 rings (SSSR count). The van der Waals surface area contributed by atoms with Gasteiger partial charge >= 0.3 is 0 Å². The van der Waals surface area contributed by atoms with Crippen molar-refractivity contribution in [3.63, 3.8) is 0 Å². The summed E-state index contributed by atoms with van der Waals surface area (Å²) in [7, 11) is -3.59. The lowest BCUT2D eigenvalue weighted by atomic mass is 9.86. The van der Waals surface area contributed by atoms with Crippen molar-refractivity contribution in [1.82, 2.24) is 35.7 Å². The number of nitrogens with one attached hydrogen (secondary N) is 5. The maximum atomic E-state index is 13.2. The average Bonchev–Trinajstić information content (AvgIpc) is 3.85. The molecule has 4 heterocycles. The highest BCUT2D eigenvalue weighted by Gasteiger charge is 2.46. The van der Waals surface area contributed by atoms with Crippen molar-refractivity contribution in [3.05, 3.63) is 88.1 Å². The van der Waals surface area contributed by atoms with Gasteiger partial charge in [-0.3, -0.25) is 39.0 Å². The zero-order valence-electron chi connectivity index (χ0n) is 44.5. The number of imide groups is 2. The van der Waals surface area contributed by atoms with Gasteiger partial charge in [0.1, 0.15) is 22.6 Å². The number of nitrogens with zero attached hydrogens (tertiary/aromatic N) is 4. The molecule has 3 aromatic carbocycles. The molecule has 3 aliphatic heterocycles. The van der Waals surface area contributed by atoms with Gasteiger partial charge in [-0.2, -0.15) is 4.98 Å². The van der Waals surface area contributed by atoms with Crippen LogP contribution in [0.5, 0.6) is 11.5 Å². The molecule has 5 N–H and O–H groups in total. The first-order chi connectivity index (χ1) is 37.4. The number of ether oxygens (including phenoxy) is 5. The van der Waals surface area contributed by atoms with Gasteiger partial charge in [0.05, 0.1) is 84.6 Å². The van der Waals surface area contributed by atoms with E-state index in [-0.39, 0.29) is 83.2 Å². The first-order valence-corrected chi connectivity index (χ1v) is 28.0. The van der Waals surface area contributed by atoms with Crippen LogP contribution in [0.1, 0.15) is 97.6 Å². The number of carbonyl (C=O) groups is 6. The first-order valence-electron chi connectivity index (χ1n) is 26.1. The van der Waals surface area contributed by atoms with Crippen LogP contribution in [-0.2, 0) is 43.2 Å². The van der Waals surface area contributed by atoms with Gasteiger partial charge in [-0.1, -0.05) is 29.8 Å². The molecule has 78 heavy (non-hydrogen) atoms. The third-order valence-electron chi connectivity index (χ3n) is 13.1. The van der Waals surface area contributed by atoms with E-state index in [2.05, 4.69) is 54.4 Å². The van der Waals surface area contributed by atoms with Gasteiger partial charge in [0.25, 0.3) is 17.7 Å². The second kappa shape index (κ2) is 27.7. The maximum Gasteiger partial charge on any atom is 0.266 e. The Hall–Kier alpha value is -6.76. The van der Waals surface area contributed by atoms with E-state index in [9.17, 15) is 37.2 Å². The van der Waals surface area contributed by atoms with E-state index in [0.29, 0.717) is 69.0 Å². The summed E-state index contributed by atoms with van der Waals surface area (Å²) < 4.78 is 54.8. The number of hydrogen-bond donors (Lipinski definition) is 5. The molecule has 1 unspecified atom stereocenters. The number of benzene rings is 3. The Labute approximate surface area is 458 Å². The number of amides is 6. The monoisotopic (exact) mass is 1120 g/mol. The summed E-state index contributed by atoms with van der Waals surface area (Å²) in [5, 5.41) is 13.7. The molecule has 0 spiro atoms. The number of piperidine rings is 2. The summed E-state index contributed by atoms with van der Waals surface area (Å²) in [6.45, 7) is 13.6. The van der Waals surface area contributed by atoms with Crippen LogP contribution >= 0.6 is 11.6 Å². The minimum Gasteiger partial charge on any atom is -0.489 e. The molecule has 0 bridgehead atoms. The highest BCUT2D eigenvalue weighted by molar-refractivity contribution is 7.92. The van der Waals surface area contributed by atoms with Gasteiger partial charge in [-0.05, 0) is 120 Å². The van der Waals surface area contributed by atoms with E-state index in [1.54, 1.807) is 38.1 Å². The number of aromatic nitrogens is 2. The lowest BCUT2D eigenvalue weighted by Gasteiger charge is -2.33. The maximum absolute atomic E-state index is 13.2. The summed E-state index contributed by atoms with van der Waals surface area (Å²) >= 11 is 6.51.